The smallest absolute Gasteiger partial charge is 0.147 e. The van der Waals surface area contributed by atoms with Gasteiger partial charge in [0.1, 0.15) is 17.3 Å². The van der Waals surface area contributed by atoms with E-state index in [1.54, 1.807) is 30.5 Å². The molecule has 6 heteroatoms. The highest BCUT2D eigenvalue weighted by Gasteiger charge is 2.09. The van der Waals surface area contributed by atoms with E-state index in [2.05, 4.69) is 4.98 Å². The molecule has 2 aromatic carbocycles. The van der Waals surface area contributed by atoms with Crippen molar-refractivity contribution in [2.45, 2.75) is 16.4 Å². The number of anilines is 1. The number of hydrogen-bond donors (Lipinski definition) is 2. The molecule has 0 fully saturated rings. The largest absolute Gasteiger partial charge is 0.456 e. The van der Waals surface area contributed by atoms with Crippen molar-refractivity contribution >= 4 is 29.2 Å². The average Bonchev–Trinajstić information content (AvgIpc) is 2.60. The number of aromatic nitrogens is 1. The second kappa shape index (κ2) is 7.57. The second-order valence-electron chi connectivity index (χ2n) is 4.99. The molecule has 24 heavy (non-hydrogen) atoms. The number of rotatable bonds is 5. The summed E-state index contributed by atoms with van der Waals surface area (Å²) in [5, 5.41) is 9.73. The van der Waals surface area contributed by atoms with Crippen LogP contribution in [-0.2, 0) is 6.61 Å². The Morgan fingerprint density at radius 1 is 1.04 bits per heavy atom. The number of ether oxygens (including phenoxy) is 1. The lowest BCUT2D eigenvalue weighted by Gasteiger charge is -2.10. The molecule has 3 rings (SSSR count). The zero-order valence-electron chi connectivity index (χ0n) is 12.6. The third kappa shape index (κ3) is 4.00. The summed E-state index contributed by atoms with van der Waals surface area (Å²) in [6.07, 6.45) is 1.58. The molecule has 0 aliphatic rings. The number of nitrogens with zero attached hydrogens (tertiary/aromatic N) is 1. The first-order valence-corrected chi connectivity index (χ1v) is 8.40. The molecule has 0 amide bonds. The Hall–Kier alpha value is -2.21. The molecule has 0 saturated heterocycles. The highest BCUT2D eigenvalue weighted by molar-refractivity contribution is 7.99. The number of aliphatic hydroxyl groups is 1. The van der Waals surface area contributed by atoms with Crippen molar-refractivity contribution in [3.63, 3.8) is 0 Å². The van der Waals surface area contributed by atoms with E-state index >= 15 is 0 Å². The second-order valence-corrected chi connectivity index (χ2v) is 6.48. The maximum absolute atomic E-state index is 9.07. The van der Waals surface area contributed by atoms with Gasteiger partial charge in [-0.15, -0.1) is 0 Å². The summed E-state index contributed by atoms with van der Waals surface area (Å²) in [6.45, 7) is 0.00231. The van der Waals surface area contributed by atoms with Gasteiger partial charge in [-0.2, -0.15) is 0 Å². The monoisotopic (exact) mass is 358 g/mol. The van der Waals surface area contributed by atoms with Gasteiger partial charge >= 0.3 is 0 Å². The van der Waals surface area contributed by atoms with Crippen LogP contribution in [0.15, 0.2) is 70.6 Å². The molecule has 0 bridgehead atoms. The van der Waals surface area contributed by atoms with Crippen LogP contribution < -0.4 is 10.5 Å². The van der Waals surface area contributed by atoms with Crippen LogP contribution in [0.25, 0.3) is 0 Å². The summed E-state index contributed by atoms with van der Waals surface area (Å²) in [4.78, 5) is 5.85. The lowest BCUT2D eigenvalue weighted by atomic mass is 10.2. The zero-order chi connectivity index (χ0) is 16.9. The average molecular weight is 359 g/mol. The lowest BCUT2D eigenvalue weighted by Crippen LogP contribution is -1.94. The molecular formula is C18H15ClN2O2S. The summed E-state index contributed by atoms with van der Waals surface area (Å²) in [7, 11) is 0. The van der Waals surface area contributed by atoms with Crippen molar-refractivity contribution in [2.24, 2.45) is 0 Å². The fourth-order valence-electron chi connectivity index (χ4n) is 2.02. The summed E-state index contributed by atoms with van der Waals surface area (Å²) in [5.74, 6) is 1.66. The van der Waals surface area contributed by atoms with Gasteiger partial charge in [-0.1, -0.05) is 47.6 Å². The molecule has 1 heterocycles. The van der Waals surface area contributed by atoms with Gasteiger partial charge in [-0.25, -0.2) is 4.98 Å². The predicted molar refractivity (Wildman–Crippen MR) is 96.7 cm³/mol. The molecule has 1 aromatic heterocycles. The number of aliphatic hydroxyl groups excluding tert-OH is 1. The van der Waals surface area contributed by atoms with E-state index in [9.17, 15) is 0 Å². The van der Waals surface area contributed by atoms with E-state index < -0.39 is 0 Å². The van der Waals surface area contributed by atoms with Gasteiger partial charge in [0.2, 0.25) is 0 Å². The van der Waals surface area contributed by atoms with Gasteiger partial charge in [-0.05, 0) is 29.8 Å². The topological polar surface area (TPSA) is 68.4 Å². The SMILES string of the molecule is Nc1ncc(Oc2ccc(CO)cc2)cc1Sc1ccccc1Cl. The number of pyridine rings is 1. The van der Waals surface area contributed by atoms with E-state index in [0.717, 1.165) is 15.4 Å². The normalized spacial score (nSPS) is 10.6. The number of nitrogens with two attached hydrogens (primary N) is 1. The van der Waals surface area contributed by atoms with E-state index in [0.29, 0.717) is 22.3 Å². The molecule has 4 nitrogen and oxygen atoms in total. The Labute approximate surface area is 149 Å². The van der Waals surface area contributed by atoms with Crippen LogP contribution in [0.3, 0.4) is 0 Å². The molecule has 0 aliphatic heterocycles. The van der Waals surface area contributed by atoms with Crippen LogP contribution in [0.5, 0.6) is 11.5 Å². The molecule has 0 radical (unpaired) electrons. The summed E-state index contributed by atoms with van der Waals surface area (Å²) in [5.41, 5.74) is 6.79. The molecular weight excluding hydrogens is 344 g/mol. The van der Waals surface area contributed by atoms with Gasteiger partial charge in [-0.3, -0.25) is 0 Å². The van der Waals surface area contributed by atoms with Gasteiger partial charge in [0.25, 0.3) is 0 Å². The van der Waals surface area contributed by atoms with Crippen LogP contribution in [0.4, 0.5) is 5.82 Å². The Kier molecular flexibility index (Phi) is 5.25. The first-order valence-electron chi connectivity index (χ1n) is 7.21. The third-order valence-corrected chi connectivity index (χ3v) is 4.82. The fraction of sp³-hybridized carbons (Fsp3) is 0.0556. The van der Waals surface area contributed by atoms with E-state index in [4.69, 9.17) is 27.2 Å². The molecule has 0 unspecified atom stereocenters. The number of benzene rings is 2. The van der Waals surface area contributed by atoms with E-state index in [1.807, 2.05) is 30.3 Å². The number of hydrogen-bond acceptors (Lipinski definition) is 5. The maximum atomic E-state index is 9.07. The van der Waals surface area contributed by atoms with Crippen molar-refractivity contribution in [1.29, 1.82) is 0 Å². The van der Waals surface area contributed by atoms with Crippen molar-refractivity contribution < 1.29 is 9.84 Å². The van der Waals surface area contributed by atoms with E-state index in [1.165, 1.54) is 11.8 Å². The fourth-order valence-corrected chi connectivity index (χ4v) is 3.15. The highest BCUT2D eigenvalue weighted by Crippen LogP contribution is 2.37. The van der Waals surface area contributed by atoms with Crippen LogP contribution in [-0.4, -0.2) is 10.1 Å². The molecule has 0 atom stereocenters. The molecule has 0 spiro atoms. The van der Waals surface area contributed by atoms with Gasteiger partial charge in [0.05, 0.1) is 22.7 Å². The van der Waals surface area contributed by atoms with E-state index in [-0.39, 0.29) is 6.61 Å². The van der Waals surface area contributed by atoms with Gasteiger partial charge in [0.15, 0.2) is 0 Å². The predicted octanol–water partition coefficient (Wildman–Crippen LogP) is 4.75. The van der Waals surface area contributed by atoms with Crippen LogP contribution in [0.1, 0.15) is 5.56 Å². The van der Waals surface area contributed by atoms with Crippen molar-refractivity contribution in [1.82, 2.24) is 4.98 Å². The van der Waals surface area contributed by atoms with Crippen molar-refractivity contribution in [2.75, 3.05) is 5.73 Å². The minimum absolute atomic E-state index is 0.00231. The summed E-state index contributed by atoms with van der Waals surface area (Å²) < 4.78 is 5.80. The molecule has 0 saturated carbocycles. The van der Waals surface area contributed by atoms with Crippen LogP contribution in [0.2, 0.25) is 5.02 Å². The first kappa shape index (κ1) is 16.6. The first-order chi connectivity index (χ1) is 11.7. The Morgan fingerprint density at radius 2 is 1.79 bits per heavy atom. The Bertz CT molecular complexity index is 841. The minimum atomic E-state index is 0.00231. The Morgan fingerprint density at radius 3 is 2.50 bits per heavy atom. The number of halogens is 1. The molecule has 3 N–H and O–H groups in total. The minimum Gasteiger partial charge on any atom is -0.456 e. The standard InChI is InChI=1S/C18H15ClN2O2S/c19-15-3-1-2-4-16(15)24-17-9-14(10-21-18(17)20)23-13-7-5-12(11-22)6-8-13/h1-10,22H,11H2,(H2,20,21). The summed E-state index contributed by atoms with van der Waals surface area (Å²) in [6, 6.07) is 16.6. The quantitative estimate of drug-likeness (QED) is 0.688. The zero-order valence-corrected chi connectivity index (χ0v) is 14.2. The molecule has 3 aromatic rings. The lowest BCUT2D eigenvalue weighted by molar-refractivity contribution is 0.281. The molecule has 122 valence electrons. The highest BCUT2D eigenvalue weighted by atomic mass is 35.5. The van der Waals surface area contributed by atoms with Crippen LogP contribution in [0, 0.1) is 0 Å². The van der Waals surface area contributed by atoms with Crippen molar-refractivity contribution in [3.05, 3.63) is 71.4 Å². The number of nitrogen functional groups attached to an aromatic ring is 1. The van der Waals surface area contributed by atoms with Crippen LogP contribution >= 0.6 is 23.4 Å². The van der Waals surface area contributed by atoms with Gasteiger partial charge < -0.3 is 15.6 Å². The maximum Gasteiger partial charge on any atom is 0.147 e. The molecule has 0 aliphatic carbocycles. The summed E-state index contributed by atoms with van der Waals surface area (Å²) >= 11 is 7.63. The Balaban J connectivity index is 1.81. The van der Waals surface area contributed by atoms with Gasteiger partial charge in [0, 0.05) is 11.0 Å². The third-order valence-electron chi connectivity index (χ3n) is 3.25. The van der Waals surface area contributed by atoms with Crippen molar-refractivity contribution in [3.8, 4) is 11.5 Å².